The minimum absolute atomic E-state index is 0.166. The average molecular weight is 236 g/mol. The normalized spacial score (nSPS) is 17.1. The van der Waals surface area contributed by atoms with Gasteiger partial charge in [-0.2, -0.15) is 0 Å². The number of Topliss-reactive ketones (excluding diaryl/α,β-unsaturated/α-hetero) is 1. The summed E-state index contributed by atoms with van der Waals surface area (Å²) in [7, 11) is -1.17. The third-order valence-electron chi connectivity index (χ3n) is 2.89. The van der Waals surface area contributed by atoms with Crippen LogP contribution in [0.5, 0.6) is 0 Å². The SMILES string of the molecule is Cc1ccc(C)c(S(=O)CC(=O)C2CC2)c1. The molecule has 0 spiro atoms. The molecule has 1 saturated carbocycles. The molecule has 1 atom stereocenters. The molecule has 0 radical (unpaired) electrons. The molecule has 0 N–H and O–H groups in total. The minimum atomic E-state index is -1.17. The zero-order valence-corrected chi connectivity index (χ0v) is 10.5. The highest BCUT2D eigenvalue weighted by atomic mass is 32.2. The highest BCUT2D eigenvalue weighted by Gasteiger charge is 2.30. The Labute approximate surface area is 98.5 Å². The summed E-state index contributed by atoms with van der Waals surface area (Å²) in [5, 5.41) is 0. The van der Waals surface area contributed by atoms with E-state index in [0.717, 1.165) is 28.9 Å². The molecule has 1 aromatic carbocycles. The van der Waals surface area contributed by atoms with Crippen molar-refractivity contribution in [1.29, 1.82) is 0 Å². The van der Waals surface area contributed by atoms with Gasteiger partial charge in [-0.15, -0.1) is 0 Å². The summed E-state index contributed by atoms with van der Waals surface area (Å²) in [6, 6.07) is 5.88. The van der Waals surface area contributed by atoms with Gasteiger partial charge in [0.05, 0.1) is 16.6 Å². The van der Waals surface area contributed by atoms with Crippen molar-refractivity contribution < 1.29 is 9.00 Å². The molecule has 0 amide bonds. The van der Waals surface area contributed by atoms with Crippen LogP contribution in [0.4, 0.5) is 0 Å². The van der Waals surface area contributed by atoms with Gasteiger partial charge in [-0.05, 0) is 43.9 Å². The maximum atomic E-state index is 12.1. The summed E-state index contributed by atoms with van der Waals surface area (Å²) in [4.78, 5) is 12.4. The second-order valence-electron chi connectivity index (χ2n) is 4.50. The van der Waals surface area contributed by atoms with E-state index >= 15 is 0 Å². The van der Waals surface area contributed by atoms with Crippen molar-refractivity contribution in [2.45, 2.75) is 31.6 Å². The maximum absolute atomic E-state index is 12.1. The second kappa shape index (κ2) is 4.50. The predicted molar refractivity (Wildman–Crippen MR) is 64.9 cm³/mol. The van der Waals surface area contributed by atoms with Crippen LogP contribution < -0.4 is 0 Å². The van der Waals surface area contributed by atoms with Crippen molar-refractivity contribution in [3.05, 3.63) is 29.3 Å². The van der Waals surface area contributed by atoms with E-state index in [-0.39, 0.29) is 17.5 Å². The smallest absolute Gasteiger partial charge is 0.148 e. The number of benzene rings is 1. The fourth-order valence-corrected chi connectivity index (χ4v) is 3.08. The van der Waals surface area contributed by atoms with E-state index in [9.17, 15) is 9.00 Å². The topological polar surface area (TPSA) is 34.1 Å². The third kappa shape index (κ3) is 2.59. The van der Waals surface area contributed by atoms with Crippen LogP contribution in [0.2, 0.25) is 0 Å². The zero-order valence-electron chi connectivity index (χ0n) is 9.66. The maximum Gasteiger partial charge on any atom is 0.148 e. The minimum Gasteiger partial charge on any atom is -0.298 e. The fraction of sp³-hybridized carbons (Fsp3) is 0.462. The Bertz CT molecular complexity index is 447. The van der Waals surface area contributed by atoms with Crippen LogP contribution in [0, 0.1) is 19.8 Å². The van der Waals surface area contributed by atoms with Crippen LogP contribution in [0.1, 0.15) is 24.0 Å². The molecule has 16 heavy (non-hydrogen) atoms. The Morgan fingerprint density at radius 3 is 2.69 bits per heavy atom. The Morgan fingerprint density at radius 1 is 1.38 bits per heavy atom. The summed E-state index contributed by atoms with van der Waals surface area (Å²) in [5.41, 5.74) is 2.10. The molecule has 0 aromatic heterocycles. The van der Waals surface area contributed by atoms with Gasteiger partial charge in [-0.25, -0.2) is 0 Å². The molecule has 0 aliphatic heterocycles. The highest BCUT2D eigenvalue weighted by Crippen LogP contribution is 2.30. The molecular weight excluding hydrogens is 220 g/mol. The van der Waals surface area contributed by atoms with Gasteiger partial charge < -0.3 is 0 Å². The molecule has 86 valence electrons. The first-order chi connectivity index (χ1) is 7.58. The zero-order chi connectivity index (χ0) is 11.7. The van der Waals surface area contributed by atoms with Crippen molar-refractivity contribution >= 4 is 16.6 Å². The number of ketones is 1. The van der Waals surface area contributed by atoms with Crippen molar-refractivity contribution in [3.63, 3.8) is 0 Å². The predicted octanol–water partition coefficient (Wildman–Crippen LogP) is 2.39. The van der Waals surface area contributed by atoms with E-state index in [4.69, 9.17) is 0 Å². The first-order valence-corrected chi connectivity index (χ1v) is 6.88. The molecule has 1 fully saturated rings. The summed E-state index contributed by atoms with van der Waals surface area (Å²) in [5.74, 6) is 0.558. The Kier molecular flexibility index (Phi) is 3.24. The number of carbonyl (C=O) groups is 1. The second-order valence-corrected chi connectivity index (χ2v) is 5.92. The quantitative estimate of drug-likeness (QED) is 0.804. The molecule has 0 bridgehead atoms. The molecule has 1 aromatic rings. The number of aryl methyl sites for hydroxylation is 2. The van der Waals surface area contributed by atoms with Crippen molar-refractivity contribution in [1.82, 2.24) is 0 Å². The van der Waals surface area contributed by atoms with Gasteiger partial charge in [-0.1, -0.05) is 12.1 Å². The Balaban J connectivity index is 2.13. The van der Waals surface area contributed by atoms with Crippen molar-refractivity contribution in [3.8, 4) is 0 Å². The van der Waals surface area contributed by atoms with E-state index in [0.29, 0.717) is 0 Å². The number of hydrogen-bond acceptors (Lipinski definition) is 2. The number of rotatable bonds is 4. The molecule has 1 aliphatic rings. The van der Waals surface area contributed by atoms with Gasteiger partial charge in [0.2, 0.25) is 0 Å². The van der Waals surface area contributed by atoms with Crippen LogP contribution in [-0.2, 0) is 15.6 Å². The summed E-state index contributed by atoms with van der Waals surface area (Å²) in [6.45, 7) is 3.91. The van der Waals surface area contributed by atoms with Gasteiger partial charge in [-0.3, -0.25) is 9.00 Å². The lowest BCUT2D eigenvalue weighted by Gasteiger charge is -2.06. The number of carbonyl (C=O) groups excluding carboxylic acids is 1. The van der Waals surface area contributed by atoms with E-state index < -0.39 is 10.8 Å². The standard InChI is InChI=1S/C13H16O2S/c1-9-3-4-10(2)13(7-9)16(15)8-12(14)11-5-6-11/h3-4,7,11H,5-6,8H2,1-2H3. The molecule has 2 rings (SSSR count). The van der Waals surface area contributed by atoms with E-state index in [1.807, 2.05) is 32.0 Å². The van der Waals surface area contributed by atoms with Crippen molar-refractivity contribution in [2.75, 3.05) is 5.75 Å². The first kappa shape index (κ1) is 11.5. The molecule has 0 saturated heterocycles. The first-order valence-electron chi connectivity index (χ1n) is 5.56. The van der Waals surface area contributed by atoms with Gasteiger partial charge in [0, 0.05) is 10.8 Å². The summed E-state index contributed by atoms with van der Waals surface area (Å²) >= 11 is 0. The highest BCUT2D eigenvalue weighted by molar-refractivity contribution is 7.85. The van der Waals surface area contributed by atoms with Crippen molar-refractivity contribution in [2.24, 2.45) is 5.92 Å². The van der Waals surface area contributed by atoms with Crippen LogP contribution >= 0.6 is 0 Å². The Hall–Kier alpha value is -0.960. The summed E-state index contributed by atoms with van der Waals surface area (Å²) < 4.78 is 12.1. The molecule has 2 nitrogen and oxygen atoms in total. The molecule has 1 aliphatic carbocycles. The lowest BCUT2D eigenvalue weighted by atomic mass is 10.2. The number of hydrogen-bond donors (Lipinski definition) is 0. The van der Waals surface area contributed by atoms with Crippen LogP contribution in [-0.4, -0.2) is 15.7 Å². The average Bonchev–Trinajstić information content (AvgIpc) is 3.04. The summed E-state index contributed by atoms with van der Waals surface area (Å²) in [6.07, 6.45) is 1.98. The van der Waals surface area contributed by atoms with Gasteiger partial charge in [0.15, 0.2) is 0 Å². The molecule has 1 unspecified atom stereocenters. The largest absolute Gasteiger partial charge is 0.298 e. The van der Waals surface area contributed by atoms with E-state index in [2.05, 4.69) is 0 Å². The third-order valence-corrected chi connectivity index (χ3v) is 4.37. The van der Waals surface area contributed by atoms with E-state index in [1.165, 1.54) is 0 Å². The Morgan fingerprint density at radius 2 is 2.06 bits per heavy atom. The van der Waals surface area contributed by atoms with E-state index in [1.54, 1.807) is 0 Å². The monoisotopic (exact) mass is 236 g/mol. The molecule has 0 heterocycles. The molecular formula is C13H16O2S. The van der Waals surface area contributed by atoms with Crippen LogP contribution in [0.15, 0.2) is 23.1 Å². The lowest BCUT2D eigenvalue weighted by molar-refractivity contribution is -0.117. The van der Waals surface area contributed by atoms with Gasteiger partial charge in [0.1, 0.15) is 5.78 Å². The van der Waals surface area contributed by atoms with Gasteiger partial charge >= 0.3 is 0 Å². The molecule has 3 heteroatoms. The lowest BCUT2D eigenvalue weighted by Crippen LogP contribution is -2.13. The van der Waals surface area contributed by atoms with Crippen LogP contribution in [0.3, 0.4) is 0 Å². The van der Waals surface area contributed by atoms with Gasteiger partial charge in [0.25, 0.3) is 0 Å². The van der Waals surface area contributed by atoms with Crippen LogP contribution in [0.25, 0.3) is 0 Å². The fourth-order valence-electron chi connectivity index (χ4n) is 1.68.